The lowest BCUT2D eigenvalue weighted by atomic mass is 9.79. The van der Waals surface area contributed by atoms with Crippen LogP contribution in [0.1, 0.15) is 45.1 Å². The summed E-state index contributed by atoms with van der Waals surface area (Å²) in [4.78, 5) is 28.1. The van der Waals surface area contributed by atoms with E-state index in [9.17, 15) is 18.0 Å². The van der Waals surface area contributed by atoms with Gasteiger partial charge in [0, 0.05) is 37.6 Å². The molecule has 2 amide bonds. The minimum absolute atomic E-state index is 0.0191. The Labute approximate surface area is 190 Å². The predicted octanol–water partition coefficient (Wildman–Crippen LogP) is 1.72. The largest absolute Gasteiger partial charge is 0.353 e. The molecule has 3 aliphatic rings. The molecule has 2 heterocycles. The number of carbonyl (C=O) groups is 2. The Kier molecular flexibility index (Phi) is 6.06. The molecule has 4 rings (SSSR count). The molecule has 1 aliphatic carbocycles. The van der Waals surface area contributed by atoms with Gasteiger partial charge in [-0.2, -0.15) is 0 Å². The molecule has 9 heteroatoms. The van der Waals surface area contributed by atoms with E-state index in [1.807, 2.05) is 6.92 Å². The quantitative estimate of drug-likeness (QED) is 0.674. The smallest absolute Gasteiger partial charge is 0.264 e. The minimum Gasteiger partial charge on any atom is -0.353 e. The van der Waals surface area contributed by atoms with Gasteiger partial charge in [-0.15, -0.1) is 0 Å². The molecule has 2 aliphatic heterocycles. The second-order valence-corrected chi connectivity index (χ2v) is 11.6. The zero-order valence-corrected chi connectivity index (χ0v) is 19.7. The molecule has 0 bridgehead atoms. The first-order valence-electron chi connectivity index (χ1n) is 11.2. The number of likely N-dealkylation sites (tertiary alicyclic amines) is 1. The SMILES string of the molecule is Cc1ccc(S(=O)(=O)N2C=CNC(=O)[C@H]2CC(=O)N[C@@H]2CCN(C3CC3)CC2(C)C)cc1. The fraction of sp³-hybridized carbons (Fsp3) is 0.565. The highest BCUT2D eigenvalue weighted by molar-refractivity contribution is 7.89. The number of piperidine rings is 1. The lowest BCUT2D eigenvalue weighted by Crippen LogP contribution is -2.57. The van der Waals surface area contributed by atoms with Crippen molar-refractivity contribution in [3.8, 4) is 0 Å². The Balaban J connectivity index is 1.46. The number of rotatable bonds is 6. The fourth-order valence-corrected chi connectivity index (χ4v) is 6.07. The Bertz CT molecular complexity index is 1010. The molecular weight excluding hydrogens is 428 g/mol. The second kappa shape index (κ2) is 8.51. The lowest BCUT2D eigenvalue weighted by Gasteiger charge is -2.45. The van der Waals surface area contributed by atoms with Crippen molar-refractivity contribution in [3.63, 3.8) is 0 Å². The van der Waals surface area contributed by atoms with Gasteiger partial charge >= 0.3 is 0 Å². The van der Waals surface area contributed by atoms with Crippen LogP contribution in [0.4, 0.5) is 0 Å². The standard InChI is InChI=1S/C23H32N4O4S/c1-16-4-8-18(9-5-16)32(30,31)27-13-11-24-22(29)19(27)14-21(28)25-20-10-12-26(17-6-7-17)15-23(20,2)3/h4-5,8-9,11,13,17,19-20H,6-7,10,12,14-15H2,1-3H3,(H,24,29)(H,25,28)/t19-,20-/m1/s1. The maximum absolute atomic E-state index is 13.2. The first-order chi connectivity index (χ1) is 15.1. The van der Waals surface area contributed by atoms with Gasteiger partial charge in [0.15, 0.2) is 0 Å². The van der Waals surface area contributed by atoms with Gasteiger partial charge in [-0.05, 0) is 43.7 Å². The maximum atomic E-state index is 13.2. The van der Waals surface area contributed by atoms with Gasteiger partial charge in [-0.3, -0.25) is 18.8 Å². The molecule has 2 fully saturated rings. The van der Waals surface area contributed by atoms with Crippen LogP contribution in [0.2, 0.25) is 0 Å². The summed E-state index contributed by atoms with van der Waals surface area (Å²) in [6.45, 7) is 8.03. The van der Waals surface area contributed by atoms with Crippen LogP contribution in [0.3, 0.4) is 0 Å². The van der Waals surface area contributed by atoms with Gasteiger partial charge in [-0.1, -0.05) is 31.5 Å². The van der Waals surface area contributed by atoms with Gasteiger partial charge in [0.25, 0.3) is 10.0 Å². The van der Waals surface area contributed by atoms with E-state index in [0.29, 0.717) is 6.04 Å². The van der Waals surface area contributed by atoms with E-state index in [-0.39, 0.29) is 28.7 Å². The number of aryl methyl sites for hydroxylation is 1. The molecule has 2 atom stereocenters. The monoisotopic (exact) mass is 460 g/mol. The van der Waals surface area contributed by atoms with Crippen LogP contribution in [0.25, 0.3) is 0 Å². The summed E-state index contributed by atoms with van der Waals surface area (Å²) in [6.07, 6.45) is 5.72. The normalized spacial score (nSPS) is 26.0. The summed E-state index contributed by atoms with van der Waals surface area (Å²) < 4.78 is 27.4. The maximum Gasteiger partial charge on any atom is 0.264 e. The average Bonchev–Trinajstić information content (AvgIpc) is 3.56. The van der Waals surface area contributed by atoms with Gasteiger partial charge in [0.1, 0.15) is 6.04 Å². The van der Waals surface area contributed by atoms with Crippen LogP contribution < -0.4 is 10.6 Å². The summed E-state index contributed by atoms with van der Waals surface area (Å²) in [5.74, 6) is -0.830. The molecule has 1 saturated carbocycles. The summed E-state index contributed by atoms with van der Waals surface area (Å²) in [7, 11) is -3.97. The number of sulfonamides is 1. The molecule has 1 aromatic carbocycles. The minimum atomic E-state index is -3.97. The van der Waals surface area contributed by atoms with Crippen molar-refractivity contribution in [2.75, 3.05) is 13.1 Å². The molecule has 2 N–H and O–H groups in total. The summed E-state index contributed by atoms with van der Waals surface area (Å²) in [5, 5.41) is 5.62. The molecule has 8 nitrogen and oxygen atoms in total. The summed E-state index contributed by atoms with van der Waals surface area (Å²) in [5.41, 5.74) is 0.834. The fourth-order valence-electron chi connectivity index (χ4n) is 4.62. The third kappa shape index (κ3) is 4.68. The highest BCUT2D eigenvalue weighted by Crippen LogP contribution is 2.36. The van der Waals surface area contributed by atoms with E-state index in [2.05, 4.69) is 29.4 Å². The molecule has 0 spiro atoms. The van der Waals surface area contributed by atoms with E-state index in [0.717, 1.165) is 29.4 Å². The van der Waals surface area contributed by atoms with Crippen molar-refractivity contribution < 1.29 is 18.0 Å². The van der Waals surface area contributed by atoms with Gasteiger partial charge in [0.05, 0.1) is 11.3 Å². The van der Waals surface area contributed by atoms with E-state index >= 15 is 0 Å². The van der Waals surface area contributed by atoms with Crippen LogP contribution in [-0.4, -0.2) is 60.7 Å². The van der Waals surface area contributed by atoms with Gasteiger partial charge in [-0.25, -0.2) is 8.42 Å². The molecule has 174 valence electrons. The molecule has 0 aromatic heterocycles. The Morgan fingerprint density at radius 2 is 1.88 bits per heavy atom. The molecule has 0 radical (unpaired) electrons. The topological polar surface area (TPSA) is 98.8 Å². The van der Waals surface area contributed by atoms with Crippen LogP contribution in [0.15, 0.2) is 41.6 Å². The number of carbonyl (C=O) groups excluding carboxylic acids is 2. The Hall–Kier alpha value is -2.39. The van der Waals surface area contributed by atoms with Crippen molar-refractivity contribution in [1.29, 1.82) is 0 Å². The van der Waals surface area contributed by atoms with Crippen LogP contribution in [-0.2, 0) is 19.6 Å². The number of amides is 2. The Morgan fingerprint density at radius 3 is 2.50 bits per heavy atom. The van der Waals surface area contributed by atoms with E-state index < -0.39 is 22.0 Å². The molecule has 0 unspecified atom stereocenters. The molecular formula is C23H32N4O4S. The van der Waals surface area contributed by atoms with Gasteiger partial charge < -0.3 is 10.6 Å². The first kappa shape index (κ1) is 22.8. The number of hydrogen-bond donors (Lipinski definition) is 2. The summed E-state index contributed by atoms with van der Waals surface area (Å²) in [6, 6.07) is 5.97. The van der Waals surface area contributed by atoms with E-state index in [1.54, 1.807) is 12.1 Å². The lowest BCUT2D eigenvalue weighted by molar-refractivity contribution is -0.130. The van der Waals surface area contributed by atoms with Crippen molar-refractivity contribution in [2.24, 2.45) is 5.41 Å². The number of benzene rings is 1. The van der Waals surface area contributed by atoms with Crippen LogP contribution in [0.5, 0.6) is 0 Å². The van der Waals surface area contributed by atoms with Crippen molar-refractivity contribution in [3.05, 3.63) is 42.2 Å². The zero-order chi connectivity index (χ0) is 23.1. The predicted molar refractivity (Wildman–Crippen MR) is 121 cm³/mol. The van der Waals surface area contributed by atoms with Crippen LogP contribution in [0, 0.1) is 12.3 Å². The van der Waals surface area contributed by atoms with Crippen molar-refractivity contribution >= 4 is 21.8 Å². The second-order valence-electron chi connectivity index (χ2n) is 9.79. The Morgan fingerprint density at radius 1 is 1.19 bits per heavy atom. The summed E-state index contributed by atoms with van der Waals surface area (Å²) >= 11 is 0. The van der Waals surface area contributed by atoms with Crippen molar-refractivity contribution in [1.82, 2.24) is 19.8 Å². The van der Waals surface area contributed by atoms with E-state index in [1.165, 1.54) is 37.4 Å². The highest BCUT2D eigenvalue weighted by Gasteiger charge is 2.42. The average molecular weight is 461 g/mol. The third-order valence-electron chi connectivity index (χ3n) is 6.69. The van der Waals surface area contributed by atoms with E-state index in [4.69, 9.17) is 0 Å². The highest BCUT2D eigenvalue weighted by atomic mass is 32.2. The zero-order valence-electron chi connectivity index (χ0n) is 18.9. The van der Waals surface area contributed by atoms with Gasteiger partial charge in [0.2, 0.25) is 11.8 Å². The number of hydrogen-bond acceptors (Lipinski definition) is 5. The number of nitrogens with zero attached hydrogens (tertiary/aromatic N) is 2. The third-order valence-corrected chi connectivity index (χ3v) is 8.49. The molecule has 32 heavy (non-hydrogen) atoms. The number of nitrogens with one attached hydrogen (secondary N) is 2. The first-order valence-corrected chi connectivity index (χ1v) is 12.6. The molecule has 1 saturated heterocycles. The molecule has 1 aromatic rings. The van der Waals surface area contributed by atoms with Crippen molar-refractivity contribution in [2.45, 2.75) is 69.5 Å². The van der Waals surface area contributed by atoms with Crippen LogP contribution >= 0.6 is 0 Å².